The summed E-state index contributed by atoms with van der Waals surface area (Å²) < 4.78 is 0. The Morgan fingerprint density at radius 1 is 1.18 bits per heavy atom. The van der Waals surface area contributed by atoms with Crippen LogP contribution in [0.1, 0.15) is 88.5 Å². The molecule has 128 valence electrons. The monoisotopic (exact) mass is 304 g/mol. The second kappa shape index (κ2) is 5.12. The van der Waals surface area contributed by atoms with Gasteiger partial charge in [0.1, 0.15) is 0 Å². The first-order valence-electron chi connectivity index (χ1n) is 9.51. The molecular formula is C22H40. The van der Waals surface area contributed by atoms with Crippen LogP contribution < -0.4 is 0 Å². The fourth-order valence-corrected chi connectivity index (χ4v) is 4.78. The van der Waals surface area contributed by atoms with Crippen molar-refractivity contribution in [1.29, 1.82) is 0 Å². The Morgan fingerprint density at radius 3 is 2.00 bits per heavy atom. The molecule has 1 fully saturated rings. The van der Waals surface area contributed by atoms with E-state index < -0.39 is 0 Å². The first kappa shape index (κ1) is 18.1. The number of hydrogen-bond donors (Lipinski definition) is 0. The van der Waals surface area contributed by atoms with Crippen LogP contribution in [0.25, 0.3) is 0 Å². The molecule has 0 saturated heterocycles. The quantitative estimate of drug-likeness (QED) is 0.459. The highest BCUT2D eigenvalue weighted by Crippen LogP contribution is 2.63. The molecule has 22 heavy (non-hydrogen) atoms. The lowest BCUT2D eigenvalue weighted by molar-refractivity contribution is 0.0143. The van der Waals surface area contributed by atoms with Crippen molar-refractivity contribution >= 4 is 0 Å². The van der Waals surface area contributed by atoms with Crippen molar-refractivity contribution in [2.75, 3.05) is 0 Å². The van der Waals surface area contributed by atoms with Crippen molar-refractivity contribution in [3.63, 3.8) is 0 Å². The second-order valence-corrected chi connectivity index (χ2v) is 10.6. The van der Waals surface area contributed by atoms with E-state index in [9.17, 15) is 0 Å². The Balaban J connectivity index is 2.20. The Labute approximate surface area is 140 Å². The smallest absolute Gasteiger partial charge is 0.0109 e. The van der Waals surface area contributed by atoms with E-state index in [2.05, 4.69) is 75.3 Å². The highest BCUT2D eigenvalue weighted by atomic mass is 14.6. The van der Waals surface area contributed by atoms with E-state index in [4.69, 9.17) is 0 Å². The van der Waals surface area contributed by atoms with Crippen LogP contribution in [0.4, 0.5) is 0 Å². The van der Waals surface area contributed by atoms with E-state index in [0.29, 0.717) is 27.6 Å². The first-order chi connectivity index (χ1) is 9.78. The lowest BCUT2D eigenvalue weighted by Gasteiger charge is -2.54. The van der Waals surface area contributed by atoms with E-state index in [1.165, 1.54) is 19.3 Å². The molecule has 0 aliphatic heterocycles. The van der Waals surface area contributed by atoms with Crippen LogP contribution in [0.5, 0.6) is 0 Å². The summed E-state index contributed by atoms with van der Waals surface area (Å²) in [5, 5.41) is 0. The average molecular weight is 305 g/mol. The fourth-order valence-electron chi connectivity index (χ4n) is 4.78. The third kappa shape index (κ3) is 2.69. The van der Waals surface area contributed by atoms with E-state index in [0.717, 1.165) is 11.8 Å². The molecule has 1 saturated carbocycles. The molecule has 4 unspecified atom stereocenters. The van der Waals surface area contributed by atoms with Gasteiger partial charge < -0.3 is 0 Å². The Bertz CT molecular complexity index is 462. The van der Waals surface area contributed by atoms with Crippen molar-refractivity contribution in [3.8, 4) is 0 Å². The number of allylic oxidation sites excluding steroid dienone is 2. The summed E-state index contributed by atoms with van der Waals surface area (Å²) in [6.07, 6.45) is 6.68. The summed E-state index contributed by atoms with van der Waals surface area (Å²) in [4.78, 5) is 0. The maximum Gasteiger partial charge on any atom is -0.0109 e. The molecule has 2 aliphatic rings. The summed E-state index contributed by atoms with van der Waals surface area (Å²) in [6, 6.07) is 0. The second-order valence-electron chi connectivity index (χ2n) is 10.6. The molecule has 0 heteroatoms. The van der Waals surface area contributed by atoms with Crippen LogP contribution in [0, 0.1) is 39.4 Å². The number of hydrogen-bond acceptors (Lipinski definition) is 0. The van der Waals surface area contributed by atoms with Gasteiger partial charge in [0.2, 0.25) is 0 Å². The summed E-state index contributed by atoms with van der Waals surface area (Å²) in [5.74, 6) is 2.36. The van der Waals surface area contributed by atoms with E-state index >= 15 is 0 Å². The van der Waals surface area contributed by atoms with Gasteiger partial charge in [-0.3, -0.25) is 0 Å². The van der Waals surface area contributed by atoms with Crippen molar-refractivity contribution in [1.82, 2.24) is 0 Å². The van der Waals surface area contributed by atoms with Gasteiger partial charge in [0.25, 0.3) is 0 Å². The molecule has 2 aliphatic carbocycles. The van der Waals surface area contributed by atoms with Gasteiger partial charge in [-0.15, -0.1) is 0 Å². The predicted molar refractivity (Wildman–Crippen MR) is 98.9 cm³/mol. The summed E-state index contributed by atoms with van der Waals surface area (Å²) in [7, 11) is 0. The van der Waals surface area contributed by atoms with E-state index in [1.807, 2.05) is 0 Å². The molecule has 0 nitrogen and oxygen atoms in total. The van der Waals surface area contributed by atoms with E-state index in [-0.39, 0.29) is 0 Å². The summed E-state index contributed by atoms with van der Waals surface area (Å²) >= 11 is 0. The zero-order valence-electron chi connectivity index (χ0n) is 16.9. The fraction of sp³-hybridized carbons (Fsp3) is 0.909. The van der Waals surface area contributed by atoms with Gasteiger partial charge in [-0.05, 0) is 52.3 Å². The van der Waals surface area contributed by atoms with Crippen LogP contribution in [0.3, 0.4) is 0 Å². The zero-order chi connectivity index (χ0) is 17.1. The lowest BCUT2D eigenvalue weighted by Crippen LogP contribution is -2.45. The van der Waals surface area contributed by atoms with Gasteiger partial charge in [-0.2, -0.15) is 0 Å². The minimum absolute atomic E-state index is 0.358. The Hall–Kier alpha value is -0.260. The zero-order valence-corrected chi connectivity index (χ0v) is 16.9. The highest BCUT2D eigenvalue weighted by Gasteiger charge is 2.54. The predicted octanol–water partition coefficient (Wildman–Crippen LogP) is 7.10. The lowest BCUT2D eigenvalue weighted by atomic mass is 9.51. The highest BCUT2D eigenvalue weighted by molar-refractivity contribution is 5.29. The molecule has 4 atom stereocenters. The Morgan fingerprint density at radius 2 is 1.68 bits per heavy atom. The van der Waals surface area contributed by atoms with Gasteiger partial charge in [0, 0.05) is 0 Å². The van der Waals surface area contributed by atoms with Gasteiger partial charge in [-0.1, -0.05) is 87.3 Å². The third-order valence-electron chi connectivity index (χ3n) is 8.49. The molecular weight excluding hydrogens is 264 g/mol. The molecule has 0 aromatic carbocycles. The van der Waals surface area contributed by atoms with Crippen LogP contribution in [0.15, 0.2) is 11.6 Å². The van der Waals surface area contributed by atoms with Gasteiger partial charge in [-0.25, -0.2) is 0 Å². The minimum Gasteiger partial charge on any atom is -0.0785 e. The van der Waals surface area contributed by atoms with Crippen LogP contribution in [-0.4, -0.2) is 0 Å². The summed E-state index contributed by atoms with van der Waals surface area (Å²) in [6.45, 7) is 24.6. The maximum absolute atomic E-state index is 2.56. The van der Waals surface area contributed by atoms with Crippen molar-refractivity contribution in [2.45, 2.75) is 88.5 Å². The van der Waals surface area contributed by atoms with Crippen LogP contribution >= 0.6 is 0 Å². The molecule has 0 N–H and O–H groups in total. The summed E-state index contributed by atoms with van der Waals surface area (Å²) in [5.41, 5.74) is 3.51. The van der Waals surface area contributed by atoms with Gasteiger partial charge in [0.15, 0.2) is 0 Å². The van der Waals surface area contributed by atoms with Crippen molar-refractivity contribution in [3.05, 3.63) is 11.6 Å². The largest absolute Gasteiger partial charge is 0.0785 e. The Kier molecular flexibility index (Phi) is 4.21. The van der Waals surface area contributed by atoms with Crippen molar-refractivity contribution < 1.29 is 0 Å². The number of rotatable bonds is 6. The normalized spacial score (nSPS) is 33.5. The van der Waals surface area contributed by atoms with Gasteiger partial charge in [0.05, 0.1) is 0 Å². The topological polar surface area (TPSA) is 0 Å². The molecule has 0 aromatic rings. The molecule has 0 aromatic heterocycles. The maximum atomic E-state index is 2.56. The molecule has 0 amide bonds. The average Bonchev–Trinajstić information content (AvgIpc) is 3.01. The molecule has 0 radical (unpaired) electrons. The molecule has 0 heterocycles. The molecule has 0 bridgehead atoms. The van der Waals surface area contributed by atoms with Gasteiger partial charge >= 0.3 is 0 Å². The third-order valence-corrected chi connectivity index (χ3v) is 8.49. The minimum atomic E-state index is 0.358. The SMILES string of the molecule is CCC(C)(CC1CC1(C)C)C(C)(C)C(C)C1=CC(C)(C)C1C. The first-order valence-corrected chi connectivity index (χ1v) is 9.51. The molecule has 2 rings (SSSR count). The van der Waals surface area contributed by atoms with Crippen molar-refractivity contribution in [2.24, 2.45) is 39.4 Å². The van der Waals surface area contributed by atoms with Crippen LogP contribution in [-0.2, 0) is 0 Å². The standard InChI is InChI=1S/C22H40/c1-11-22(10,13-17-12-20(17,6)7)21(8,9)16(3)18-14-19(4,5)15(18)2/h14-17H,11-13H2,1-10H3. The molecule has 0 spiro atoms. The van der Waals surface area contributed by atoms with Crippen LogP contribution in [0.2, 0.25) is 0 Å². The van der Waals surface area contributed by atoms with E-state index in [1.54, 1.807) is 5.57 Å².